The topological polar surface area (TPSA) is 101 Å². The van der Waals surface area contributed by atoms with Crippen LogP contribution in [0.3, 0.4) is 0 Å². The van der Waals surface area contributed by atoms with Crippen LogP contribution in [0, 0.1) is 0 Å². The van der Waals surface area contributed by atoms with Gasteiger partial charge in [-0.15, -0.1) is 5.10 Å². The number of carbonyl (C=O) groups is 2. The lowest BCUT2D eigenvalue weighted by Crippen LogP contribution is -2.24. The Labute approximate surface area is 137 Å². The number of aromatic nitrogens is 3. The fraction of sp³-hybridized carbons (Fsp3) is 0.125. The molecule has 0 radical (unpaired) electrons. The largest absolute Gasteiger partial charge is 0.341 e. The zero-order chi connectivity index (χ0) is 16.9. The molecule has 0 bridgehead atoms. The number of para-hydroxylation sites is 1. The van der Waals surface area contributed by atoms with Crippen LogP contribution in [0.2, 0.25) is 0 Å². The van der Waals surface area contributed by atoms with Crippen LogP contribution in [0.1, 0.15) is 0 Å². The van der Waals surface area contributed by atoms with E-state index in [-0.39, 0.29) is 18.5 Å². The smallest absolute Gasteiger partial charge is 0.318 e. The van der Waals surface area contributed by atoms with Crippen LogP contribution in [-0.4, -0.2) is 34.0 Å². The molecular formula is C16H16N6O2. The summed E-state index contributed by atoms with van der Waals surface area (Å²) in [7, 11) is 1.53. The molecule has 0 saturated carbocycles. The van der Waals surface area contributed by atoms with E-state index >= 15 is 0 Å². The number of benzene rings is 2. The van der Waals surface area contributed by atoms with Crippen molar-refractivity contribution in [2.24, 2.45) is 0 Å². The predicted octanol–water partition coefficient (Wildman–Crippen LogP) is 1.82. The molecule has 3 aromatic rings. The minimum Gasteiger partial charge on any atom is -0.341 e. The highest BCUT2D eigenvalue weighted by Crippen LogP contribution is 2.15. The van der Waals surface area contributed by atoms with Gasteiger partial charge in [-0.1, -0.05) is 23.4 Å². The third-order valence-electron chi connectivity index (χ3n) is 3.34. The van der Waals surface area contributed by atoms with Crippen molar-refractivity contribution < 1.29 is 9.59 Å². The number of urea groups is 1. The van der Waals surface area contributed by atoms with Crippen molar-refractivity contribution in [2.75, 3.05) is 17.7 Å². The quantitative estimate of drug-likeness (QED) is 0.681. The first-order valence-electron chi connectivity index (χ1n) is 7.32. The number of anilines is 2. The van der Waals surface area contributed by atoms with Gasteiger partial charge < -0.3 is 16.0 Å². The number of amides is 3. The van der Waals surface area contributed by atoms with Crippen LogP contribution in [-0.2, 0) is 11.3 Å². The monoisotopic (exact) mass is 324 g/mol. The number of hydrogen-bond acceptors (Lipinski definition) is 4. The Bertz CT molecular complexity index is 889. The molecule has 3 amide bonds. The minimum absolute atomic E-state index is 0.0492. The third kappa shape index (κ3) is 3.49. The van der Waals surface area contributed by atoms with Gasteiger partial charge in [0.15, 0.2) is 0 Å². The average molecular weight is 324 g/mol. The van der Waals surface area contributed by atoms with E-state index < -0.39 is 0 Å². The maximum absolute atomic E-state index is 12.2. The lowest BCUT2D eigenvalue weighted by atomic mass is 10.2. The van der Waals surface area contributed by atoms with Crippen LogP contribution in [0.25, 0.3) is 11.0 Å². The molecule has 0 fully saturated rings. The van der Waals surface area contributed by atoms with Gasteiger partial charge in [0.25, 0.3) is 0 Å². The van der Waals surface area contributed by atoms with Crippen LogP contribution in [0.4, 0.5) is 16.2 Å². The Balaban J connectivity index is 1.68. The van der Waals surface area contributed by atoms with Gasteiger partial charge in [-0.2, -0.15) is 0 Å². The lowest BCUT2D eigenvalue weighted by Gasteiger charge is -2.08. The number of nitrogens with zero attached hydrogens (tertiary/aromatic N) is 3. The van der Waals surface area contributed by atoms with Gasteiger partial charge in [0, 0.05) is 18.4 Å². The van der Waals surface area contributed by atoms with E-state index in [9.17, 15) is 9.59 Å². The normalized spacial score (nSPS) is 10.4. The summed E-state index contributed by atoms with van der Waals surface area (Å²) >= 11 is 0. The molecular weight excluding hydrogens is 308 g/mol. The van der Waals surface area contributed by atoms with Gasteiger partial charge in [0.1, 0.15) is 12.1 Å². The molecule has 1 heterocycles. The summed E-state index contributed by atoms with van der Waals surface area (Å²) in [5.41, 5.74) is 2.70. The van der Waals surface area contributed by atoms with Crippen molar-refractivity contribution in [1.82, 2.24) is 20.3 Å². The van der Waals surface area contributed by atoms with Gasteiger partial charge in [-0.3, -0.25) is 4.79 Å². The molecule has 24 heavy (non-hydrogen) atoms. The Morgan fingerprint density at radius 1 is 1.04 bits per heavy atom. The second-order valence-electron chi connectivity index (χ2n) is 5.07. The fourth-order valence-corrected chi connectivity index (χ4v) is 2.24. The molecule has 0 aliphatic rings. The molecule has 8 nitrogen and oxygen atoms in total. The fourth-order valence-electron chi connectivity index (χ4n) is 2.24. The van der Waals surface area contributed by atoms with Crippen molar-refractivity contribution in [3.63, 3.8) is 0 Å². The van der Waals surface area contributed by atoms with Gasteiger partial charge in [-0.25, -0.2) is 9.48 Å². The molecule has 0 atom stereocenters. The Kier molecular flexibility index (Phi) is 4.37. The first-order valence-corrected chi connectivity index (χ1v) is 7.32. The second kappa shape index (κ2) is 6.78. The van der Waals surface area contributed by atoms with Gasteiger partial charge in [0.05, 0.1) is 5.52 Å². The molecule has 0 aliphatic carbocycles. The number of rotatable bonds is 4. The summed E-state index contributed by atoms with van der Waals surface area (Å²) in [4.78, 5) is 23.5. The van der Waals surface area contributed by atoms with E-state index in [2.05, 4.69) is 26.3 Å². The Morgan fingerprint density at radius 2 is 1.79 bits per heavy atom. The summed E-state index contributed by atoms with van der Waals surface area (Å²) < 4.78 is 1.54. The molecule has 0 saturated heterocycles. The van der Waals surface area contributed by atoms with Crippen molar-refractivity contribution in [3.05, 3.63) is 48.5 Å². The van der Waals surface area contributed by atoms with E-state index in [4.69, 9.17) is 0 Å². The number of nitrogens with one attached hydrogen (secondary N) is 3. The van der Waals surface area contributed by atoms with Crippen LogP contribution in [0.15, 0.2) is 48.5 Å². The molecule has 8 heteroatoms. The highest BCUT2D eigenvalue weighted by atomic mass is 16.2. The summed E-state index contributed by atoms with van der Waals surface area (Å²) in [6.07, 6.45) is 0. The first kappa shape index (κ1) is 15.5. The molecule has 0 unspecified atom stereocenters. The van der Waals surface area contributed by atoms with E-state index in [1.807, 2.05) is 24.3 Å². The summed E-state index contributed by atoms with van der Waals surface area (Å²) in [6.45, 7) is 0.0492. The van der Waals surface area contributed by atoms with Crippen molar-refractivity contribution in [2.45, 2.75) is 6.54 Å². The molecule has 1 aromatic heterocycles. The zero-order valence-corrected chi connectivity index (χ0v) is 13.0. The lowest BCUT2D eigenvalue weighted by molar-refractivity contribution is -0.116. The van der Waals surface area contributed by atoms with Crippen molar-refractivity contribution in [1.29, 1.82) is 0 Å². The van der Waals surface area contributed by atoms with Crippen molar-refractivity contribution >= 4 is 34.3 Å². The Morgan fingerprint density at radius 3 is 2.58 bits per heavy atom. The van der Waals surface area contributed by atoms with Gasteiger partial charge in [0.2, 0.25) is 5.91 Å². The highest BCUT2D eigenvalue weighted by molar-refractivity contribution is 5.93. The van der Waals surface area contributed by atoms with Crippen molar-refractivity contribution in [3.8, 4) is 0 Å². The summed E-state index contributed by atoms with van der Waals surface area (Å²) in [6, 6.07) is 14.0. The summed E-state index contributed by atoms with van der Waals surface area (Å²) in [5.74, 6) is -0.234. The zero-order valence-electron chi connectivity index (χ0n) is 13.0. The van der Waals surface area contributed by atoms with Crippen LogP contribution < -0.4 is 16.0 Å². The Hall–Kier alpha value is -3.42. The van der Waals surface area contributed by atoms with Crippen LogP contribution >= 0.6 is 0 Å². The van der Waals surface area contributed by atoms with E-state index in [0.717, 1.165) is 11.0 Å². The van der Waals surface area contributed by atoms with E-state index in [0.29, 0.717) is 11.4 Å². The van der Waals surface area contributed by atoms with Crippen LogP contribution in [0.5, 0.6) is 0 Å². The predicted molar refractivity (Wildman–Crippen MR) is 90.7 cm³/mol. The second-order valence-corrected chi connectivity index (χ2v) is 5.07. The number of carbonyl (C=O) groups excluding carboxylic acids is 2. The van der Waals surface area contributed by atoms with E-state index in [1.165, 1.54) is 11.7 Å². The molecule has 3 N–H and O–H groups in total. The average Bonchev–Trinajstić information content (AvgIpc) is 2.98. The standard InChI is InChI=1S/C16H16N6O2/c1-17-16(24)19-12-6-4-5-11(9-12)18-15(23)10-22-14-8-3-2-7-13(14)20-21-22/h2-9H,10H2,1H3,(H,18,23)(H2,17,19,24). The molecule has 0 spiro atoms. The van der Waals surface area contributed by atoms with E-state index in [1.54, 1.807) is 24.3 Å². The van der Waals surface area contributed by atoms with Gasteiger partial charge >= 0.3 is 6.03 Å². The molecule has 0 aliphatic heterocycles. The maximum Gasteiger partial charge on any atom is 0.318 e. The number of fused-ring (bicyclic) bond motifs is 1. The maximum atomic E-state index is 12.2. The molecule has 3 rings (SSSR count). The number of hydrogen-bond donors (Lipinski definition) is 3. The summed E-state index contributed by atoms with van der Waals surface area (Å²) in [5, 5.41) is 15.9. The molecule has 122 valence electrons. The highest BCUT2D eigenvalue weighted by Gasteiger charge is 2.09. The molecule has 2 aromatic carbocycles. The SMILES string of the molecule is CNC(=O)Nc1cccc(NC(=O)Cn2nnc3ccccc32)c1. The minimum atomic E-state index is -0.326. The van der Waals surface area contributed by atoms with Gasteiger partial charge in [-0.05, 0) is 30.3 Å². The first-order chi connectivity index (χ1) is 11.7. The third-order valence-corrected chi connectivity index (χ3v) is 3.34.